The molecule has 0 unspecified atom stereocenters. The largest absolute Gasteiger partial charge is 0.486 e. The monoisotopic (exact) mass is 341 g/mol. The Morgan fingerprint density at radius 1 is 1.17 bits per heavy atom. The van der Waals surface area contributed by atoms with Crippen LogP contribution >= 0.6 is 0 Å². The third kappa shape index (κ3) is 3.94. The van der Waals surface area contributed by atoms with E-state index < -0.39 is 15.9 Å². The molecule has 1 N–H and O–H groups in total. The Bertz CT molecular complexity index is 681. The average Bonchev–Trinajstić information content (AvgIpc) is 3.05. The van der Waals surface area contributed by atoms with Crippen molar-refractivity contribution < 1.29 is 27.4 Å². The number of carbonyl (C=O) groups excluding carboxylic acids is 1. The van der Waals surface area contributed by atoms with Crippen LogP contribution in [0.15, 0.2) is 23.1 Å². The van der Waals surface area contributed by atoms with Crippen LogP contribution in [0.2, 0.25) is 0 Å². The van der Waals surface area contributed by atoms with Crippen LogP contribution in [-0.4, -0.2) is 40.2 Å². The van der Waals surface area contributed by atoms with Crippen molar-refractivity contribution in [3.05, 3.63) is 18.2 Å². The van der Waals surface area contributed by atoms with E-state index in [1.807, 2.05) is 4.72 Å². The topological polar surface area (TPSA) is 90.9 Å². The van der Waals surface area contributed by atoms with Crippen molar-refractivity contribution >= 4 is 15.9 Å². The van der Waals surface area contributed by atoms with Gasteiger partial charge in [0.05, 0.1) is 11.0 Å². The summed E-state index contributed by atoms with van der Waals surface area (Å²) in [6.07, 6.45) is 4.06. The standard InChI is InChI=1S/C15H19NO6S/c17-15(10-22-11-3-1-2-4-11)16-23(18,19)12-5-6-13-14(9-12)21-8-7-20-13/h5-6,9,11H,1-4,7-8,10H2,(H,16,17). The fourth-order valence-corrected chi connectivity index (χ4v) is 3.66. The van der Waals surface area contributed by atoms with Crippen molar-refractivity contribution in [2.45, 2.75) is 36.7 Å². The first-order chi connectivity index (χ1) is 11.0. The maximum absolute atomic E-state index is 12.2. The van der Waals surface area contributed by atoms with Gasteiger partial charge in [-0.25, -0.2) is 13.1 Å². The molecule has 1 aromatic rings. The Balaban J connectivity index is 1.62. The Kier molecular flexibility index (Phi) is 4.72. The van der Waals surface area contributed by atoms with Crippen LogP contribution in [0.3, 0.4) is 0 Å². The summed E-state index contributed by atoms with van der Waals surface area (Å²) >= 11 is 0. The molecule has 7 nitrogen and oxygen atoms in total. The Hall–Kier alpha value is -1.80. The minimum Gasteiger partial charge on any atom is -0.486 e. The second kappa shape index (κ2) is 6.76. The molecule has 23 heavy (non-hydrogen) atoms. The SMILES string of the molecule is O=C(COC1CCCC1)NS(=O)(=O)c1ccc2c(c1)OCCO2. The van der Waals surface area contributed by atoms with Crippen molar-refractivity contribution in [2.75, 3.05) is 19.8 Å². The van der Waals surface area contributed by atoms with Gasteiger partial charge in [-0.05, 0) is 25.0 Å². The molecule has 0 aromatic heterocycles. The summed E-state index contributed by atoms with van der Waals surface area (Å²) in [6, 6.07) is 4.24. The quantitative estimate of drug-likeness (QED) is 0.866. The van der Waals surface area contributed by atoms with E-state index in [2.05, 4.69) is 0 Å². The van der Waals surface area contributed by atoms with Gasteiger partial charge in [0.15, 0.2) is 11.5 Å². The number of hydrogen-bond donors (Lipinski definition) is 1. The molecule has 0 spiro atoms. The molecule has 1 aliphatic carbocycles. The van der Waals surface area contributed by atoms with Crippen LogP contribution in [0.4, 0.5) is 0 Å². The minimum absolute atomic E-state index is 0.0454. The van der Waals surface area contributed by atoms with Gasteiger partial charge >= 0.3 is 0 Å². The Labute approximate surface area is 135 Å². The van der Waals surface area contributed by atoms with Crippen LogP contribution in [0, 0.1) is 0 Å². The fraction of sp³-hybridized carbons (Fsp3) is 0.533. The van der Waals surface area contributed by atoms with Crippen LogP contribution in [0.25, 0.3) is 0 Å². The molecule has 1 aliphatic heterocycles. The summed E-state index contributed by atoms with van der Waals surface area (Å²) in [5, 5.41) is 0. The lowest BCUT2D eigenvalue weighted by Gasteiger charge is -2.19. The lowest BCUT2D eigenvalue weighted by molar-refractivity contribution is -0.125. The molecule has 0 radical (unpaired) electrons. The number of benzene rings is 1. The van der Waals surface area contributed by atoms with E-state index in [-0.39, 0.29) is 17.6 Å². The first-order valence-corrected chi connectivity index (χ1v) is 9.10. The van der Waals surface area contributed by atoms with E-state index in [4.69, 9.17) is 14.2 Å². The summed E-state index contributed by atoms with van der Waals surface area (Å²) in [4.78, 5) is 11.8. The second-order valence-electron chi connectivity index (χ2n) is 5.55. The zero-order valence-corrected chi connectivity index (χ0v) is 13.4. The van der Waals surface area contributed by atoms with Gasteiger partial charge in [0.25, 0.3) is 15.9 Å². The highest BCUT2D eigenvalue weighted by Crippen LogP contribution is 2.32. The van der Waals surface area contributed by atoms with Crippen LogP contribution in [-0.2, 0) is 19.6 Å². The van der Waals surface area contributed by atoms with Crippen molar-refractivity contribution in [1.82, 2.24) is 4.72 Å². The number of rotatable bonds is 5. The number of amides is 1. The lowest BCUT2D eigenvalue weighted by atomic mass is 10.3. The molecule has 1 saturated carbocycles. The highest BCUT2D eigenvalue weighted by atomic mass is 32.2. The van der Waals surface area contributed by atoms with Crippen LogP contribution in [0.1, 0.15) is 25.7 Å². The summed E-state index contributed by atoms with van der Waals surface area (Å²) in [5.41, 5.74) is 0. The predicted molar refractivity (Wildman–Crippen MR) is 81.0 cm³/mol. The molecule has 0 bridgehead atoms. The third-order valence-corrected chi connectivity index (χ3v) is 5.20. The van der Waals surface area contributed by atoms with Gasteiger partial charge in [0, 0.05) is 6.07 Å². The van der Waals surface area contributed by atoms with E-state index in [0.29, 0.717) is 24.7 Å². The van der Waals surface area contributed by atoms with Crippen molar-refractivity contribution in [1.29, 1.82) is 0 Å². The van der Waals surface area contributed by atoms with Crippen LogP contribution in [0.5, 0.6) is 11.5 Å². The average molecular weight is 341 g/mol. The molecule has 1 heterocycles. The van der Waals surface area contributed by atoms with Gasteiger partial charge in [-0.15, -0.1) is 0 Å². The molecule has 2 aliphatic rings. The summed E-state index contributed by atoms with van der Waals surface area (Å²) in [5.74, 6) is 0.173. The fourth-order valence-electron chi connectivity index (χ4n) is 2.68. The molecule has 0 saturated heterocycles. The third-order valence-electron chi connectivity index (χ3n) is 3.82. The predicted octanol–water partition coefficient (Wildman–Crippen LogP) is 1.22. The van der Waals surface area contributed by atoms with Gasteiger partial charge in [-0.1, -0.05) is 12.8 Å². The number of nitrogens with one attached hydrogen (secondary N) is 1. The summed E-state index contributed by atoms with van der Waals surface area (Å²) in [6.45, 7) is 0.529. The van der Waals surface area contributed by atoms with Gasteiger partial charge in [-0.2, -0.15) is 0 Å². The number of hydrogen-bond acceptors (Lipinski definition) is 6. The van der Waals surface area contributed by atoms with E-state index in [0.717, 1.165) is 25.7 Å². The molecule has 0 atom stereocenters. The highest BCUT2D eigenvalue weighted by molar-refractivity contribution is 7.90. The van der Waals surface area contributed by atoms with E-state index in [9.17, 15) is 13.2 Å². The second-order valence-corrected chi connectivity index (χ2v) is 7.23. The molecule has 8 heteroatoms. The Morgan fingerprint density at radius 2 is 1.87 bits per heavy atom. The van der Waals surface area contributed by atoms with E-state index in [1.54, 1.807) is 0 Å². The maximum atomic E-state index is 12.2. The zero-order chi connectivity index (χ0) is 16.3. The molecule has 126 valence electrons. The van der Waals surface area contributed by atoms with E-state index in [1.165, 1.54) is 18.2 Å². The molecule has 3 rings (SSSR count). The summed E-state index contributed by atoms with van der Waals surface area (Å²) < 4.78 is 42.6. The first-order valence-electron chi connectivity index (χ1n) is 7.61. The van der Waals surface area contributed by atoms with E-state index >= 15 is 0 Å². The first kappa shape index (κ1) is 16.1. The zero-order valence-electron chi connectivity index (χ0n) is 12.6. The van der Waals surface area contributed by atoms with Gasteiger partial charge < -0.3 is 14.2 Å². The summed E-state index contributed by atoms with van der Waals surface area (Å²) in [7, 11) is -3.95. The number of ether oxygens (including phenoxy) is 3. The van der Waals surface area contributed by atoms with Crippen molar-refractivity contribution in [3.8, 4) is 11.5 Å². The lowest BCUT2D eigenvalue weighted by Crippen LogP contribution is -2.34. The maximum Gasteiger partial charge on any atom is 0.264 e. The Morgan fingerprint density at radius 3 is 2.61 bits per heavy atom. The molecular formula is C15H19NO6S. The normalized spacial score (nSPS) is 17.9. The molecule has 1 amide bonds. The number of carbonyl (C=O) groups is 1. The van der Waals surface area contributed by atoms with Crippen LogP contribution < -0.4 is 14.2 Å². The van der Waals surface area contributed by atoms with Gasteiger partial charge in [0.1, 0.15) is 19.8 Å². The number of sulfonamides is 1. The van der Waals surface area contributed by atoms with Crippen molar-refractivity contribution in [2.24, 2.45) is 0 Å². The van der Waals surface area contributed by atoms with Crippen molar-refractivity contribution in [3.63, 3.8) is 0 Å². The smallest absolute Gasteiger partial charge is 0.264 e. The van der Waals surface area contributed by atoms with Gasteiger partial charge in [-0.3, -0.25) is 4.79 Å². The molecule has 1 fully saturated rings. The van der Waals surface area contributed by atoms with Gasteiger partial charge in [0.2, 0.25) is 0 Å². The molecular weight excluding hydrogens is 322 g/mol. The highest BCUT2D eigenvalue weighted by Gasteiger charge is 2.23. The number of fused-ring (bicyclic) bond motifs is 1. The minimum atomic E-state index is -3.95. The molecule has 1 aromatic carbocycles.